The zero-order chi connectivity index (χ0) is 19.8. The Bertz CT molecular complexity index is 1100. The molecule has 0 spiro atoms. The average Bonchev–Trinajstić information content (AvgIpc) is 3.17. The third-order valence-electron chi connectivity index (χ3n) is 3.62. The number of nitrogens with one attached hydrogen (secondary N) is 2. The number of hydrogen-bond acceptors (Lipinski definition) is 6. The summed E-state index contributed by atoms with van der Waals surface area (Å²) < 4.78 is 32.5. The first kappa shape index (κ1) is 19.4. The highest BCUT2D eigenvalue weighted by Crippen LogP contribution is 2.30. The number of thiophene rings is 1. The molecule has 0 saturated carbocycles. The molecule has 1 amide bonds. The van der Waals surface area contributed by atoms with Crippen LogP contribution < -0.4 is 10.0 Å². The standard InChI is InChI=1S/C17H16ClN3O4S2/c1-9-6-10(2)8-12(7-9)19-16(22)15-13(4-5-26-15)27(23,24)21-17-14(18)11(3)20-25-17/h4-8,21H,1-3H3,(H,19,22). The monoisotopic (exact) mass is 425 g/mol. The zero-order valence-electron chi connectivity index (χ0n) is 14.7. The molecule has 1 aromatic carbocycles. The number of anilines is 2. The first-order valence-corrected chi connectivity index (χ1v) is 10.5. The molecule has 7 nitrogen and oxygen atoms in total. The lowest BCUT2D eigenvalue weighted by atomic mass is 10.1. The Hall–Kier alpha value is -2.36. The van der Waals surface area contributed by atoms with Crippen LogP contribution in [0.15, 0.2) is 39.1 Å². The molecule has 0 radical (unpaired) electrons. The van der Waals surface area contributed by atoms with Gasteiger partial charge in [0.05, 0.1) is 0 Å². The molecular weight excluding hydrogens is 410 g/mol. The first-order valence-electron chi connectivity index (χ1n) is 7.79. The molecule has 2 heterocycles. The molecule has 3 rings (SSSR count). The van der Waals surface area contributed by atoms with E-state index in [-0.39, 0.29) is 20.7 Å². The smallest absolute Gasteiger partial charge is 0.267 e. The summed E-state index contributed by atoms with van der Waals surface area (Å²) in [5.41, 5.74) is 2.92. The van der Waals surface area contributed by atoms with Crippen molar-refractivity contribution >= 4 is 50.4 Å². The van der Waals surface area contributed by atoms with Crippen molar-refractivity contribution in [2.24, 2.45) is 0 Å². The summed E-state index contributed by atoms with van der Waals surface area (Å²) in [6, 6.07) is 6.94. The maximum Gasteiger partial charge on any atom is 0.267 e. The summed E-state index contributed by atoms with van der Waals surface area (Å²) >= 11 is 6.98. The minimum Gasteiger partial charge on any atom is -0.336 e. The molecule has 0 aliphatic heterocycles. The van der Waals surface area contributed by atoms with Gasteiger partial charge in [-0.3, -0.25) is 4.79 Å². The van der Waals surface area contributed by atoms with Crippen molar-refractivity contribution in [3.63, 3.8) is 0 Å². The topological polar surface area (TPSA) is 101 Å². The van der Waals surface area contributed by atoms with Gasteiger partial charge in [-0.2, -0.15) is 0 Å². The second-order valence-corrected chi connectivity index (χ2v) is 8.91. The number of rotatable bonds is 5. The summed E-state index contributed by atoms with van der Waals surface area (Å²) in [6.45, 7) is 5.41. The predicted octanol–water partition coefficient (Wildman–Crippen LogP) is 4.37. The first-order chi connectivity index (χ1) is 12.7. The van der Waals surface area contributed by atoms with Gasteiger partial charge >= 0.3 is 0 Å². The fourth-order valence-electron chi connectivity index (χ4n) is 2.51. The molecule has 0 aliphatic carbocycles. The summed E-state index contributed by atoms with van der Waals surface area (Å²) in [5, 5.41) is 7.93. The molecule has 0 fully saturated rings. The largest absolute Gasteiger partial charge is 0.336 e. The van der Waals surface area contributed by atoms with E-state index in [2.05, 4.69) is 15.2 Å². The SMILES string of the molecule is Cc1cc(C)cc(NC(=O)c2sccc2S(=O)(=O)Nc2onc(C)c2Cl)c1. The number of carbonyl (C=O) groups excluding carboxylic acids is 1. The van der Waals surface area contributed by atoms with E-state index in [1.165, 1.54) is 11.4 Å². The van der Waals surface area contributed by atoms with Crippen molar-refractivity contribution in [2.45, 2.75) is 25.7 Å². The second-order valence-electron chi connectivity index (χ2n) is 5.96. The Balaban J connectivity index is 1.88. The van der Waals surface area contributed by atoms with Crippen LogP contribution in [-0.4, -0.2) is 19.5 Å². The van der Waals surface area contributed by atoms with Crippen LogP contribution in [0.2, 0.25) is 5.02 Å². The molecule has 0 aliphatic rings. The van der Waals surface area contributed by atoms with Gasteiger partial charge in [-0.15, -0.1) is 11.3 Å². The van der Waals surface area contributed by atoms with E-state index < -0.39 is 15.9 Å². The summed E-state index contributed by atoms with van der Waals surface area (Å²) in [6.07, 6.45) is 0. The van der Waals surface area contributed by atoms with E-state index in [1.807, 2.05) is 32.0 Å². The van der Waals surface area contributed by atoms with E-state index in [1.54, 1.807) is 6.92 Å². The minimum atomic E-state index is -4.08. The number of sulfonamides is 1. The van der Waals surface area contributed by atoms with E-state index in [9.17, 15) is 13.2 Å². The van der Waals surface area contributed by atoms with Crippen molar-refractivity contribution < 1.29 is 17.7 Å². The molecule has 0 unspecified atom stereocenters. The van der Waals surface area contributed by atoms with Gasteiger partial charge < -0.3 is 9.84 Å². The van der Waals surface area contributed by atoms with Crippen LogP contribution in [0.25, 0.3) is 0 Å². The Kier molecular flexibility index (Phi) is 5.27. The van der Waals surface area contributed by atoms with Crippen LogP contribution in [0.5, 0.6) is 0 Å². The number of benzene rings is 1. The molecule has 2 aromatic heterocycles. The third kappa shape index (κ3) is 4.15. The number of amides is 1. The molecular formula is C17H16ClN3O4S2. The molecule has 3 aromatic rings. The number of carbonyl (C=O) groups is 1. The minimum absolute atomic E-state index is 0.0500. The van der Waals surface area contributed by atoms with Crippen molar-refractivity contribution in [3.05, 3.63) is 56.4 Å². The highest BCUT2D eigenvalue weighted by Gasteiger charge is 2.27. The maximum absolute atomic E-state index is 12.7. The van der Waals surface area contributed by atoms with Crippen LogP contribution >= 0.6 is 22.9 Å². The number of aromatic nitrogens is 1. The lowest BCUT2D eigenvalue weighted by Gasteiger charge is -2.09. The second kappa shape index (κ2) is 7.34. The van der Waals surface area contributed by atoms with E-state index in [0.29, 0.717) is 11.4 Å². The normalized spacial score (nSPS) is 11.4. The molecule has 0 saturated heterocycles. The van der Waals surface area contributed by atoms with Crippen molar-refractivity contribution in [1.82, 2.24) is 5.16 Å². The van der Waals surface area contributed by atoms with Crippen LogP contribution in [0, 0.1) is 20.8 Å². The number of halogens is 1. The Morgan fingerprint density at radius 2 is 1.85 bits per heavy atom. The van der Waals surface area contributed by atoms with E-state index in [0.717, 1.165) is 22.5 Å². The molecule has 142 valence electrons. The van der Waals surface area contributed by atoms with Gasteiger partial charge in [-0.1, -0.05) is 22.8 Å². The fourth-order valence-corrected chi connectivity index (χ4v) is 5.00. The van der Waals surface area contributed by atoms with Crippen molar-refractivity contribution in [2.75, 3.05) is 10.0 Å². The molecule has 27 heavy (non-hydrogen) atoms. The number of hydrogen-bond donors (Lipinski definition) is 2. The number of aryl methyl sites for hydroxylation is 3. The van der Waals surface area contributed by atoms with Crippen LogP contribution in [0.4, 0.5) is 11.6 Å². The Morgan fingerprint density at radius 3 is 2.44 bits per heavy atom. The van der Waals surface area contributed by atoms with E-state index >= 15 is 0 Å². The van der Waals surface area contributed by atoms with Crippen LogP contribution in [0.3, 0.4) is 0 Å². The van der Waals surface area contributed by atoms with Gasteiger partial charge in [0.25, 0.3) is 21.8 Å². The quantitative estimate of drug-likeness (QED) is 0.632. The van der Waals surface area contributed by atoms with Gasteiger partial charge in [-0.25, -0.2) is 13.1 Å². The van der Waals surface area contributed by atoms with Gasteiger partial charge in [0.15, 0.2) is 0 Å². The summed E-state index contributed by atoms with van der Waals surface area (Å²) in [7, 11) is -4.08. The summed E-state index contributed by atoms with van der Waals surface area (Å²) in [4.78, 5) is 12.5. The zero-order valence-corrected chi connectivity index (χ0v) is 17.1. The van der Waals surface area contributed by atoms with Crippen molar-refractivity contribution in [3.8, 4) is 0 Å². The molecule has 10 heteroatoms. The maximum atomic E-state index is 12.7. The highest BCUT2D eigenvalue weighted by molar-refractivity contribution is 7.93. The predicted molar refractivity (Wildman–Crippen MR) is 105 cm³/mol. The lowest BCUT2D eigenvalue weighted by molar-refractivity contribution is 0.102. The Morgan fingerprint density at radius 1 is 1.19 bits per heavy atom. The van der Waals surface area contributed by atoms with Gasteiger partial charge in [-0.05, 0) is 55.5 Å². The van der Waals surface area contributed by atoms with E-state index in [4.69, 9.17) is 16.1 Å². The summed E-state index contributed by atoms with van der Waals surface area (Å²) in [5.74, 6) is -0.712. The van der Waals surface area contributed by atoms with Crippen LogP contribution in [-0.2, 0) is 10.0 Å². The van der Waals surface area contributed by atoms with Crippen molar-refractivity contribution in [1.29, 1.82) is 0 Å². The lowest BCUT2D eigenvalue weighted by Crippen LogP contribution is -2.18. The fraction of sp³-hybridized carbons (Fsp3) is 0.176. The average molecular weight is 426 g/mol. The number of nitrogens with zero attached hydrogens (tertiary/aromatic N) is 1. The van der Waals surface area contributed by atoms with Gasteiger partial charge in [0.1, 0.15) is 20.5 Å². The van der Waals surface area contributed by atoms with Gasteiger partial charge in [0, 0.05) is 5.69 Å². The highest BCUT2D eigenvalue weighted by atomic mass is 35.5. The molecule has 0 bridgehead atoms. The molecule has 2 N–H and O–H groups in total. The Labute approximate surface area is 165 Å². The van der Waals surface area contributed by atoms with Crippen LogP contribution in [0.1, 0.15) is 26.5 Å². The van der Waals surface area contributed by atoms with Gasteiger partial charge in [0.2, 0.25) is 0 Å². The molecule has 0 atom stereocenters. The third-order valence-corrected chi connectivity index (χ3v) is 6.48.